The van der Waals surface area contributed by atoms with E-state index in [0.29, 0.717) is 0 Å². The molecule has 0 heterocycles. The van der Waals surface area contributed by atoms with E-state index in [2.05, 4.69) is 5.32 Å². The molecule has 1 N–H and O–H groups in total. The van der Waals surface area contributed by atoms with Gasteiger partial charge in [-0.3, -0.25) is 0 Å². The van der Waals surface area contributed by atoms with Gasteiger partial charge in [-0.1, -0.05) is 24.3 Å². The molecule has 18 heavy (non-hydrogen) atoms. The van der Waals surface area contributed by atoms with Gasteiger partial charge in [0.15, 0.2) is 0 Å². The van der Waals surface area contributed by atoms with Gasteiger partial charge in [-0.2, -0.15) is 0 Å². The Morgan fingerprint density at radius 3 is 2.06 bits per heavy atom. The van der Waals surface area contributed by atoms with Gasteiger partial charge in [-0.05, 0) is 35.9 Å². The maximum atomic E-state index is 13.4. The third-order valence-corrected chi connectivity index (χ3v) is 2.64. The third kappa shape index (κ3) is 2.74. The van der Waals surface area contributed by atoms with Crippen molar-refractivity contribution in [2.24, 2.45) is 0 Å². The minimum absolute atomic E-state index is 0.0183. The highest BCUT2D eigenvalue weighted by Gasteiger charge is 2.03. The molecule has 0 saturated heterocycles. The van der Waals surface area contributed by atoms with Gasteiger partial charge < -0.3 is 5.32 Å². The van der Waals surface area contributed by atoms with Crippen LogP contribution in [0.25, 0.3) is 12.2 Å². The molecule has 0 atom stereocenters. The van der Waals surface area contributed by atoms with Gasteiger partial charge in [0.05, 0.1) is 0 Å². The van der Waals surface area contributed by atoms with Crippen LogP contribution in [0.3, 0.4) is 0 Å². The summed E-state index contributed by atoms with van der Waals surface area (Å²) in [6.07, 6.45) is 3.12. The Balaban J connectivity index is 2.24. The Kier molecular flexibility index (Phi) is 3.72. The number of benzene rings is 2. The average Bonchev–Trinajstić information content (AvgIpc) is 2.39. The van der Waals surface area contributed by atoms with Crippen LogP contribution in [0.2, 0.25) is 0 Å². The minimum atomic E-state index is -0.557. The maximum absolute atomic E-state index is 13.4. The molecule has 0 unspecified atom stereocenters. The van der Waals surface area contributed by atoms with Gasteiger partial charge in [0.25, 0.3) is 0 Å². The summed E-state index contributed by atoms with van der Waals surface area (Å²) in [5.74, 6) is -1.11. The van der Waals surface area contributed by atoms with Gasteiger partial charge in [-0.15, -0.1) is 0 Å². The Morgan fingerprint density at radius 2 is 1.50 bits per heavy atom. The highest BCUT2D eigenvalue weighted by atomic mass is 19.1. The van der Waals surface area contributed by atoms with Crippen molar-refractivity contribution in [3.8, 4) is 0 Å². The molecular weight excluding hydrogens is 232 g/mol. The summed E-state index contributed by atoms with van der Waals surface area (Å²) >= 11 is 0. The number of nitrogens with one attached hydrogen (secondary N) is 1. The van der Waals surface area contributed by atoms with Gasteiger partial charge in [-0.25, -0.2) is 8.78 Å². The Hall–Kier alpha value is -2.16. The van der Waals surface area contributed by atoms with Crippen molar-refractivity contribution < 1.29 is 8.78 Å². The molecule has 0 aliphatic carbocycles. The summed E-state index contributed by atoms with van der Waals surface area (Å²) < 4.78 is 26.7. The van der Waals surface area contributed by atoms with Crippen LogP contribution in [-0.2, 0) is 0 Å². The van der Waals surface area contributed by atoms with E-state index < -0.39 is 11.6 Å². The molecule has 2 rings (SSSR count). The van der Waals surface area contributed by atoms with Crippen LogP contribution in [0.15, 0.2) is 42.5 Å². The highest BCUT2D eigenvalue weighted by Crippen LogP contribution is 2.16. The van der Waals surface area contributed by atoms with Gasteiger partial charge >= 0.3 is 0 Å². The molecule has 0 radical (unpaired) electrons. The fourth-order valence-electron chi connectivity index (χ4n) is 1.61. The highest BCUT2D eigenvalue weighted by molar-refractivity contribution is 5.70. The Morgan fingerprint density at radius 1 is 0.889 bits per heavy atom. The van der Waals surface area contributed by atoms with Gasteiger partial charge in [0, 0.05) is 18.3 Å². The second-order valence-corrected chi connectivity index (χ2v) is 3.84. The average molecular weight is 245 g/mol. The lowest BCUT2D eigenvalue weighted by molar-refractivity contribution is 0.579. The Bertz CT molecular complexity index is 539. The summed E-state index contributed by atoms with van der Waals surface area (Å²) in [4.78, 5) is 0. The molecule has 0 amide bonds. The van der Waals surface area contributed by atoms with Gasteiger partial charge in [0.1, 0.15) is 11.6 Å². The summed E-state index contributed by atoms with van der Waals surface area (Å²) in [6.45, 7) is 0. The van der Waals surface area contributed by atoms with Crippen LogP contribution in [-0.4, -0.2) is 7.05 Å². The normalized spacial score (nSPS) is 10.8. The van der Waals surface area contributed by atoms with E-state index in [0.717, 1.165) is 11.3 Å². The zero-order chi connectivity index (χ0) is 13.0. The lowest BCUT2D eigenvalue weighted by atomic mass is 10.1. The number of halogens is 2. The van der Waals surface area contributed by atoms with E-state index in [1.54, 1.807) is 6.08 Å². The SMILES string of the molecule is CNc1ccc(C=Cc2c(F)cccc2F)cc1. The second-order valence-electron chi connectivity index (χ2n) is 3.84. The van der Waals surface area contributed by atoms with Crippen molar-refractivity contribution in [3.05, 3.63) is 65.2 Å². The van der Waals surface area contributed by atoms with E-state index >= 15 is 0 Å². The first-order chi connectivity index (χ1) is 8.70. The van der Waals surface area contributed by atoms with E-state index in [4.69, 9.17) is 0 Å². The van der Waals surface area contributed by atoms with E-state index in [9.17, 15) is 8.78 Å². The first-order valence-electron chi connectivity index (χ1n) is 5.60. The van der Waals surface area contributed by atoms with Crippen LogP contribution in [0.5, 0.6) is 0 Å². The summed E-state index contributed by atoms with van der Waals surface area (Å²) in [5, 5.41) is 3.00. The molecule has 2 aromatic carbocycles. The summed E-state index contributed by atoms with van der Waals surface area (Å²) in [6, 6.07) is 11.4. The monoisotopic (exact) mass is 245 g/mol. The number of hydrogen-bond acceptors (Lipinski definition) is 1. The van der Waals surface area contributed by atoms with E-state index in [1.165, 1.54) is 24.3 Å². The van der Waals surface area contributed by atoms with E-state index in [-0.39, 0.29) is 5.56 Å². The quantitative estimate of drug-likeness (QED) is 0.800. The zero-order valence-corrected chi connectivity index (χ0v) is 9.95. The van der Waals surface area contributed by atoms with Crippen LogP contribution >= 0.6 is 0 Å². The summed E-state index contributed by atoms with van der Waals surface area (Å²) in [5.41, 5.74) is 1.86. The molecule has 3 heteroatoms. The number of hydrogen-bond donors (Lipinski definition) is 1. The molecule has 1 nitrogen and oxygen atoms in total. The van der Waals surface area contributed by atoms with Crippen molar-refractivity contribution in [3.63, 3.8) is 0 Å². The fourth-order valence-corrected chi connectivity index (χ4v) is 1.61. The van der Waals surface area contributed by atoms with Crippen LogP contribution in [0.4, 0.5) is 14.5 Å². The lowest BCUT2D eigenvalue weighted by Gasteiger charge is -2.01. The predicted molar refractivity (Wildman–Crippen MR) is 71.3 cm³/mol. The molecule has 0 bridgehead atoms. The van der Waals surface area contributed by atoms with Crippen LogP contribution in [0, 0.1) is 11.6 Å². The van der Waals surface area contributed by atoms with Crippen molar-refractivity contribution in [2.75, 3.05) is 12.4 Å². The number of anilines is 1. The largest absolute Gasteiger partial charge is 0.388 e. The molecule has 0 saturated carbocycles. The van der Waals surface area contributed by atoms with Crippen LogP contribution in [0.1, 0.15) is 11.1 Å². The molecule has 0 aliphatic heterocycles. The van der Waals surface area contributed by atoms with Gasteiger partial charge in [0.2, 0.25) is 0 Å². The first-order valence-corrected chi connectivity index (χ1v) is 5.60. The Labute approximate surface area is 105 Å². The topological polar surface area (TPSA) is 12.0 Å². The van der Waals surface area contributed by atoms with Crippen molar-refractivity contribution in [2.45, 2.75) is 0 Å². The molecule has 0 aromatic heterocycles. The van der Waals surface area contributed by atoms with Crippen molar-refractivity contribution >= 4 is 17.8 Å². The zero-order valence-electron chi connectivity index (χ0n) is 9.95. The van der Waals surface area contributed by atoms with Crippen LogP contribution < -0.4 is 5.32 Å². The number of rotatable bonds is 3. The molecule has 0 fully saturated rings. The maximum Gasteiger partial charge on any atom is 0.133 e. The molecule has 0 aliphatic rings. The lowest BCUT2D eigenvalue weighted by Crippen LogP contribution is -1.88. The van der Waals surface area contributed by atoms with Crippen molar-refractivity contribution in [1.29, 1.82) is 0 Å². The van der Waals surface area contributed by atoms with Crippen molar-refractivity contribution in [1.82, 2.24) is 0 Å². The molecule has 92 valence electrons. The predicted octanol–water partition coefficient (Wildman–Crippen LogP) is 4.18. The molecule has 0 spiro atoms. The molecular formula is C15H13F2N. The smallest absolute Gasteiger partial charge is 0.133 e. The summed E-state index contributed by atoms with van der Waals surface area (Å²) in [7, 11) is 1.83. The fraction of sp³-hybridized carbons (Fsp3) is 0.0667. The minimum Gasteiger partial charge on any atom is -0.388 e. The standard InChI is InChI=1S/C15H13F2N/c1-18-12-8-5-11(6-9-12)7-10-13-14(16)3-2-4-15(13)17/h2-10,18H,1H3. The molecule has 2 aromatic rings. The third-order valence-electron chi connectivity index (χ3n) is 2.64. The second kappa shape index (κ2) is 5.45. The van der Waals surface area contributed by atoms with E-state index in [1.807, 2.05) is 31.3 Å². The first kappa shape index (κ1) is 12.3.